The lowest BCUT2D eigenvalue weighted by Gasteiger charge is -2.09. The highest BCUT2D eigenvalue weighted by atomic mass is 32.2. The monoisotopic (exact) mass is 300 g/mol. The quantitative estimate of drug-likeness (QED) is 0.560. The van der Waals surface area contributed by atoms with E-state index in [1.54, 1.807) is 12.1 Å². The van der Waals surface area contributed by atoms with E-state index in [4.69, 9.17) is 4.74 Å². The van der Waals surface area contributed by atoms with Crippen LogP contribution in [0.3, 0.4) is 0 Å². The van der Waals surface area contributed by atoms with E-state index in [0.29, 0.717) is 24.7 Å². The Bertz CT molecular complexity index is 479. The summed E-state index contributed by atoms with van der Waals surface area (Å²) in [6.07, 6.45) is 0.782. The van der Waals surface area contributed by atoms with Crippen molar-refractivity contribution in [1.82, 2.24) is 0 Å². The van der Waals surface area contributed by atoms with Crippen molar-refractivity contribution in [3.05, 3.63) is 28.3 Å². The summed E-state index contributed by atoms with van der Waals surface area (Å²) in [6.45, 7) is 4.81. The summed E-state index contributed by atoms with van der Waals surface area (Å²) in [7, 11) is -0.825. The zero-order chi connectivity index (χ0) is 15.0. The third kappa shape index (κ3) is 5.16. The molecule has 0 aromatic heterocycles. The second-order valence-corrected chi connectivity index (χ2v) is 6.01. The van der Waals surface area contributed by atoms with E-state index in [9.17, 15) is 14.3 Å². The molecule has 0 saturated carbocycles. The minimum atomic E-state index is -0.825. The third-order valence-electron chi connectivity index (χ3n) is 2.60. The number of anilines is 1. The van der Waals surface area contributed by atoms with E-state index in [2.05, 4.69) is 5.32 Å². The van der Waals surface area contributed by atoms with Gasteiger partial charge < -0.3 is 10.1 Å². The highest BCUT2D eigenvalue weighted by Crippen LogP contribution is 2.30. The first kappa shape index (κ1) is 16.4. The number of nitro benzene ring substituents is 1. The summed E-state index contributed by atoms with van der Waals surface area (Å²) in [5.41, 5.74) is 0.691. The molecular formula is C13H20N2O4S. The SMILES string of the molecule is CCCOc1cc(NCCS(=O)CC)ccc1[N+](=O)[O-]. The Morgan fingerprint density at radius 2 is 2.15 bits per heavy atom. The Labute approximate surface area is 121 Å². The number of nitrogens with one attached hydrogen (secondary N) is 1. The lowest BCUT2D eigenvalue weighted by atomic mass is 10.2. The van der Waals surface area contributed by atoms with Gasteiger partial charge in [0.25, 0.3) is 0 Å². The molecule has 0 aliphatic heterocycles. The highest BCUT2D eigenvalue weighted by Gasteiger charge is 2.15. The lowest BCUT2D eigenvalue weighted by Crippen LogP contribution is -2.12. The summed E-state index contributed by atoms with van der Waals surface area (Å²) in [5.74, 6) is 1.45. The average molecular weight is 300 g/mol. The molecular weight excluding hydrogens is 280 g/mol. The Hall–Kier alpha value is -1.63. The van der Waals surface area contributed by atoms with E-state index in [0.717, 1.165) is 12.1 Å². The topological polar surface area (TPSA) is 81.5 Å². The van der Waals surface area contributed by atoms with Crippen LogP contribution in [0.4, 0.5) is 11.4 Å². The van der Waals surface area contributed by atoms with Crippen molar-refractivity contribution in [3.63, 3.8) is 0 Å². The number of hydrogen-bond acceptors (Lipinski definition) is 5. The van der Waals surface area contributed by atoms with Crippen LogP contribution in [0.1, 0.15) is 20.3 Å². The smallest absolute Gasteiger partial charge is 0.311 e. The maximum absolute atomic E-state index is 11.3. The normalized spacial score (nSPS) is 11.9. The van der Waals surface area contributed by atoms with Gasteiger partial charge in [0.15, 0.2) is 5.75 Å². The molecule has 1 rings (SSSR count). The van der Waals surface area contributed by atoms with Crippen molar-refractivity contribution in [1.29, 1.82) is 0 Å². The molecule has 1 N–H and O–H groups in total. The average Bonchev–Trinajstić information content (AvgIpc) is 2.44. The van der Waals surface area contributed by atoms with E-state index >= 15 is 0 Å². The summed E-state index contributed by atoms with van der Waals surface area (Å²) >= 11 is 0. The first-order chi connectivity index (χ1) is 9.58. The van der Waals surface area contributed by atoms with Crippen LogP contribution < -0.4 is 10.1 Å². The predicted molar refractivity (Wildman–Crippen MR) is 80.9 cm³/mol. The highest BCUT2D eigenvalue weighted by molar-refractivity contribution is 7.84. The van der Waals surface area contributed by atoms with Crippen molar-refractivity contribution in [2.75, 3.05) is 30.0 Å². The van der Waals surface area contributed by atoms with Crippen LogP contribution in [0, 0.1) is 10.1 Å². The van der Waals surface area contributed by atoms with Gasteiger partial charge >= 0.3 is 5.69 Å². The summed E-state index contributed by atoms with van der Waals surface area (Å²) in [6, 6.07) is 4.67. The second kappa shape index (κ2) is 8.52. The van der Waals surface area contributed by atoms with Gasteiger partial charge in [-0.1, -0.05) is 13.8 Å². The lowest BCUT2D eigenvalue weighted by molar-refractivity contribution is -0.385. The van der Waals surface area contributed by atoms with E-state index in [1.165, 1.54) is 6.07 Å². The molecule has 1 aromatic rings. The molecule has 0 aliphatic carbocycles. The van der Waals surface area contributed by atoms with Gasteiger partial charge in [-0.2, -0.15) is 0 Å². The van der Waals surface area contributed by atoms with E-state index in [-0.39, 0.29) is 11.4 Å². The van der Waals surface area contributed by atoms with Crippen molar-refractivity contribution < 1.29 is 13.9 Å². The van der Waals surface area contributed by atoms with Crippen LogP contribution in [0.25, 0.3) is 0 Å². The molecule has 6 nitrogen and oxygen atoms in total. The molecule has 0 spiro atoms. The number of ether oxygens (including phenoxy) is 1. The maximum Gasteiger partial charge on any atom is 0.311 e. The fourth-order valence-electron chi connectivity index (χ4n) is 1.56. The number of benzene rings is 1. The summed E-state index contributed by atoms with van der Waals surface area (Å²) in [4.78, 5) is 10.4. The molecule has 0 bridgehead atoms. The van der Waals surface area contributed by atoms with Crippen molar-refractivity contribution in [2.24, 2.45) is 0 Å². The van der Waals surface area contributed by atoms with Crippen LogP contribution in [-0.4, -0.2) is 33.8 Å². The molecule has 1 unspecified atom stereocenters. The number of hydrogen-bond donors (Lipinski definition) is 1. The molecule has 112 valence electrons. The number of nitro groups is 1. The number of rotatable bonds is 9. The molecule has 1 aromatic carbocycles. The largest absolute Gasteiger partial charge is 0.487 e. The van der Waals surface area contributed by atoms with Gasteiger partial charge in [0.2, 0.25) is 0 Å². The molecule has 20 heavy (non-hydrogen) atoms. The Kier molecular flexibility index (Phi) is 7.00. The zero-order valence-electron chi connectivity index (χ0n) is 11.8. The molecule has 0 heterocycles. The van der Waals surface area contributed by atoms with Gasteiger partial charge in [0.1, 0.15) is 0 Å². The van der Waals surface area contributed by atoms with Crippen molar-refractivity contribution >= 4 is 22.2 Å². The summed E-state index contributed by atoms with van der Waals surface area (Å²) in [5, 5.41) is 14.0. The molecule has 0 radical (unpaired) electrons. The molecule has 1 atom stereocenters. The molecule has 0 saturated heterocycles. The third-order valence-corrected chi connectivity index (χ3v) is 3.90. The fourth-order valence-corrected chi connectivity index (χ4v) is 2.17. The first-order valence-corrected chi connectivity index (χ1v) is 8.07. The van der Waals surface area contributed by atoms with Crippen LogP contribution >= 0.6 is 0 Å². The molecule has 0 aliphatic rings. The van der Waals surface area contributed by atoms with Gasteiger partial charge in [0, 0.05) is 46.7 Å². The maximum atomic E-state index is 11.3. The Balaban J connectivity index is 2.73. The molecule has 0 amide bonds. The van der Waals surface area contributed by atoms with Crippen LogP contribution in [-0.2, 0) is 10.8 Å². The fraction of sp³-hybridized carbons (Fsp3) is 0.538. The van der Waals surface area contributed by atoms with E-state index < -0.39 is 15.7 Å². The van der Waals surface area contributed by atoms with Crippen LogP contribution in [0.5, 0.6) is 5.75 Å². The Morgan fingerprint density at radius 3 is 2.75 bits per heavy atom. The molecule has 0 fully saturated rings. The Morgan fingerprint density at radius 1 is 1.40 bits per heavy atom. The molecule has 7 heteroatoms. The van der Waals surface area contributed by atoms with Crippen LogP contribution in [0.2, 0.25) is 0 Å². The standard InChI is InChI=1S/C13H20N2O4S/c1-3-8-19-13-10-11(5-6-12(13)15(16)17)14-7-9-20(18)4-2/h5-6,10,14H,3-4,7-9H2,1-2H3. The van der Waals surface area contributed by atoms with Gasteiger partial charge in [-0.15, -0.1) is 0 Å². The van der Waals surface area contributed by atoms with Gasteiger partial charge in [-0.25, -0.2) is 0 Å². The van der Waals surface area contributed by atoms with Gasteiger partial charge in [0.05, 0.1) is 11.5 Å². The predicted octanol–water partition coefficient (Wildman–Crippen LogP) is 2.56. The van der Waals surface area contributed by atoms with Crippen molar-refractivity contribution in [3.8, 4) is 5.75 Å². The minimum Gasteiger partial charge on any atom is -0.487 e. The van der Waals surface area contributed by atoms with Crippen LogP contribution in [0.15, 0.2) is 18.2 Å². The van der Waals surface area contributed by atoms with Gasteiger partial charge in [-0.3, -0.25) is 14.3 Å². The first-order valence-electron chi connectivity index (χ1n) is 6.58. The zero-order valence-corrected chi connectivity index (χ0v) is 12.6. The van der Waals surface area contributed by atoms with E-state index in [1.807, 2.05) is 13.8 Å². The van der Waals surface area contributed by atoms with Gasteiger partial charge in [-0.05, 0) is 12.5 Å². The van der Waals surface area contributed by atoms with Crippen molar-refractivity contribution in [2.45, 2.75) is 20.3 Å². The summed E-state index contributed by atoms with van der Waals surface area (Å²) < 4.78 is 16.7. The minimum absolute atomic E-state index is 0.0406. The number of nitrogens with zero attached hydrogens (tertiary/aromatic N) is 1. The second-order valence-electron chi connectivity index (χ2n) is 4.15.